The van der Waals surface area contributed by atoms with Crippen LogP contribution in [-0.4, -0.2) is 35.7 Å². The molecule has 7 nitrogen and oxygen atoms in total. The highest BCUT2D eigenvalue weighted by Gasteiger charge is 2.25. The number of carbonyl (C=O) groups is 2. The minimum atomic E-state index is -0.415. The van der Waals surface area contributed by atoms with Crippen LogP contribution in [0.5, 0.6) is 5.75 Å². The summed E-state index contributed by atoms with van der Waals surface area (Å²) in [6.07, 6.45) is 1.78. The molecule has 1 saturated heterocycles. The Hall–Kier alpha value is -2.65. The average molecular weight is 403 g/mol. The maximum atomic E-state index is 12.2. The number of thiazole rings is 1. The zero-order valence-electron chi connectivity index (χ0n) is 14.9. The molecule has 0 spiro atoms. The van der Waals surface area contributed by atoms with Gasteiger partial charge in [0.2, 0.25) is 5.13 Å². The Balaban J connectivity index is 1.77. The highest BCUT2D eigenvalue weighted by Crippen LogP contribution is 2.31. The van der Waals surface area contributed by atoms with Crippen LogP contribution in [0.1, 0.15) is 27.9 Å². The van der Waals surface area contributed by atoms with Crippen LogP contribution < -0.4 is 10.1 Å². The Morgan fingerprint density at radius 1 is 1.33 bits per heavy atom. The van der Waals surface area contributed by atoms with Crippen LogP contribution in [0, 0.1) is 6.92 Å². The van der Waals surface area contributed by atoms with Gasteiger partial charge in [0, 0.05) is 0 Å². The number of ether oxygens (including phenoxy) is 2. The van der Waals surface area contributed by atoms with Gasteiger partial charge in [-0.2, -0.15) is 4.99 Å². The van der Waals surface area contributed by atoms with Gasteiger partial charge < -0.3 is 14.8 Å². The van der Waals surface area contributed by atoms with Gasteiger partial charge in [0.1, 0.15) is 10.6 Å². The van der Waals surface area contributed by atoms with Crippen molar-refractivity contribution in [3.63, 3.8) is 0 Å². The molecule has 0 saturated carbocycles. The summed E-state index contributed by atoms with van der Waals surface area (Å²) in [7, 11) is 1.60. The number of amides is 1. The van der Waals surface area contributed by atoms with Crippen LogP contribution in [0.15, 0.2) is 34.2 Å². The Kier molecular flexibility index (Phi) is 5.92. The second-order valence-electron chi connectivity index (χ2n) is 5.39. The Bertz CT molecular complexity index is 933. The molecule has 0 atom stereocenters. The number of benzene rings is 1. The molecular weight excluding hydrogens is 386 g/mol. The molecular formula is C18H17N3O4S2. The SMILES string of the molecule is CCOC(=O)c1sc(/N=C2\NC(=O)C(=Cc3ccc(OC)cc3)S2)nc1C. The summed E-state index contributed by atoms with van der Waals surface area (Å²) < 4.78 is 10.1. The third kappa shape index (κ3) is 4.55. The number of aliphatic imine (C=N–C) groups is 1. The number of aryl methyl sites for hydroxylation is 1. The molecule has 0 unspecified atom stereocenters. The predicted octanol–water partition coefficient (Wildman–Crippen LogP) is 3.53. The molecule has 1 amide bonds. The summed E-state index contributed by atoms with van der Waals surface area (Å²) in [6.45, 7) is 3.77. The van der Waals surface area contributed by atoms with E-state index in [9.17, 15) is 9.59 Å². The number of carbonyl (C=O) groups excluding carboxylic acids is 2. The number of nitrogens with one attached hydrogen (secondary N) is 1. The minimum absolute atomic E-state index is 0.228. The number of rotatable bonds is 5. The highest BCUT2D eigenvalue weighted by atomic mass is 32.2. The summed E-state index contributed by atoms with van der Waals surface area (Å²) in [5.41, 5.74) is 1.44. The lowest BCUT2D eigenvalue weighted by atomic mass is 10.2. The van der Waals surface area contributed by atoms with E-state index in [1.807, 2.05) is 24.3 Å². The number of thioether (sulfide) groups is 1. The smallest absolute Gasteiger partial charge is 0.350 e. The number of aromatic nitrogens is 1. The summed E-state index contributed by atoms with van der Waals surface area (Å²) in [5.74, 6) is 0.107. The van der Waals surface area contributed by atoms with E-state index in [4.69, 9.17) is 9.47 Å². The lowest BCUT2D eigenvalue weighted by molar-refractivity contribution is -0.115. The van der Waals surface area contributed by atoms with E-state index in [-0.39, 0.29) is 5.91 Å². The van der Waals surface area contributed by atoms with E-state index in [0.29, 0.717) is 32.4 Å². The van der Waals surface area contributed by atoms with Crippen molar-refractivity contribution in [1.82, 2.24) is 10.3 Å². The van der Waals surface area contributed by atoms with Gasteiger partial charge in [0.15, 0.2) is 5.17 Å². The summed E-state index contributed by atoms with van der Waals surface area (Å²) in [5, 5.41) is 3.52. The second kappa shape index (κ2) is 8.36. The van der Waals surface area contributed by atoms with Gasteiger partial charge in [0.25, 0.3) is 5.91 Å². The van der Waals surface area contributed by atoms with Crippen LogP contribution in [0.25, 0.3) is 6.08 Å². The molecule has 0 aliphatic carbocycles. The van der Waals surface area contributed by atoms with Crippen LogP contribution >= 0.6 is 23.1 Å². The van der Waals surface area contributed by atoms with E-state index in [2.05, 4.69) is 15.3 Å². The first-order valence-corrected chi connectivity index (χ1v) is 9.71. The van der Waals surface area contributed by atoms with Crippen molar-refractivity contribution < 1.29 is 19.1 Å². The molecule has 1 N–H and O–H groups in total. The first-order valence-electron chi connectivity index (χ1n) is 8.08. The predicted molar refractivity (Wildman–Crippen MR) is 107 cm³/mol. The molecule has 0 radical (unpaired) electrons. The summed E-state index contributed by atoms with van der Waals surface area (Å²) in [6, 6.07) is 7.39. The molecule has 2 aromatic rings. The van der Waals surface area contributed by atoms with Gasteiger partial charge in [-0.15, -0.1) is 0 Å². The van der Waals surface area contributed by atoms with Crippen molar-refractivity contribution in [1.29, 1.82) is 0 Å². The maximum absolute atomic E-state index is 12.2. The molecule has 2 heterocycles. The van der Waals surface area contributed by atoms with Crippen molar-refractivity contribution in [2.75, 3.05) is 13.7 Å². The van der Waals surface area contributed by atoms with E-state index in [0.717, 1.165) is 22.6 Å². The minimum Gasteiger partial charge on any atom is -0.497 e. The average Bonchev–Trinajstić information content (AvgIpc) is 3.18. The number of methoxy groups -OCH3 is 1. The quantitative estimate of drug-likeness (QED) is 0.607. The first-order chi connectivity index (χ1) is 13.0. The third-order valence-electron chi connectivity index (χ3n) is 3.51. The van der Waals surface area contributed by atoms with Crippen LogP contribution in [0.2, 0.25) is 0 Å². The molecule has 1 aliphatic rings. The summed E-state index contributed by atoms with van der Waals surface area (Å²) >= 11 is 2.36. The first kappa shape index (κ1) is 19.1. The fourth-order valence-corrected chi connectivity index (χ4v) is 3.95. The Morgan fingerprint density at radius 2 is 2.07 bits per heavy atom. The largest absolute Gasteiger partial charge is 0.497 e. The van der Waals surface area contributed by atoms with Crippen molar-refractivity contribution in [2.45, 2.75) is 13.8 Å². The molecule has 1 aromatic carbocycles. The third-order valence-corrected chi connectivity index (χ3v) is 5.45. The van der Waals surface area contributed by atoms with E-state index in [1.165, 1.54) is 11.8 Å². The fraction of sp³-hybridized carbons (Fsp3) is 0.222. The molecule has 1 fully saturated rings. The van der Waals surface area contributed by atoms with Crippen molar-refractivity contribution in [3.8, 4) is 5.75 Å². The molecule has 9 heteroatoms. The van der Waals surface area contributed by atoms with E-state index < -0.39 is 5.97 Å². The number of hydrogen-bond acceptors (Lipinski definition) is 8. The monoisotopic (exact) mass is 403 g/mol. The summed E-state index contributed by atoms with van der Waals surface area (Å²) in [4.78, 5) is 33.6. The molecule has 140 valence electrons. The fourth-order valence-electron chi connectivity index (χ4n) is 2.23. The van der Waals surface area contributed by atoms with E-state index in [1.54, 1.807) is 27.0 Å². The maximum Gasteiger partial charge on any atom is 0.350 e. The van der Waals surface area contributed by atoms with Crippen LogP contribution in [-0.2, 0) is 9.53 Å². The topological polar surface area (TPSA) is 89.9 Å². The second-order valence-corrected chi connectivity index (χ2v) is 7.39. The van der Waals surface area contributed by atoms with E-state index >= 15 is 0 Å². The molecule has 3 rings (SSSR count). The number of amidine groups is 1. The molecule has 0 bridgehead atoms. The lowest BCUT2D eigenvalue weighted by Crippen LogP contribution is -2.19. The van der Waals surface area contributed by atoms with Crippen LogP contribution in [0.4, 0.5) is 5.13 Å². The van der Waals surface area contributed by atoms with Gasteiger partial charge in [-0.1, -0.05) is 23.5 Å². The number of esters is 1. The Morgan fingerprint density at radius 3 is 2.74 bits per heavy atom. The van der Waals surface area contributed by atoms with Gasteiger partial charge in [-0.3, -0.25) is 4.79 Å². The zero-order chi connectivity index (χ0) is 19.4. The molecule has 1 aromatic heterocycles. The van der Waals surface area contributed by atoms with Crippen molar-refractivity contribution in [2.24, 2.45) is 4.99 Å². The standard InChI is InChI=1S/C18H17N3O4S2/c1-4-25-16(23)14-10(2)19-17(27-14)21-18-20-15(22)13(26-18)9-11-5-7-12(24-3)8-6-11/h5-9H,4H2,1-3H3,(H,19,20,21,22). The lowest BCUT2D eigenvalue weighted by Gasteiger charge is -1.99. The van der Waals surface area contributed by atoms with Gasteiger partial charge in [0.05, 0.1) is 24.3 Å². The number of nitrogens with zero attached hydrogens (tertiary/aromatic N) is 2. The molecule has 27 heavy (non-hydrogen) atoms. The van der Waals surface area contributed by atoms with Gasteiger partial charge in [-0.05, 0) is 49.4 Å². The number of hydrogen-bond donors (Lipinski definition) is 1. The zero-order valence-corrected chi connectivity index (χ0v) is 16.6. The van der Waals surface area contributed by atoms with Crippen molar-refractivity contribution in [3.05, 3.63) is 45.3 Å². The highest BCUT2D eigenvalue weighted by molar-refractivity contribution is 8.18. The molecule has 1 aliphatic heterocycles. The normalized spacial score (nSPS) is 16.6. The van der Waals surface area contributed by atoms with Gasteiger partial charge in [-0.25, -0.2) is 9.78 Å². The van der Waals surface area contributed by atoms with Crippen molar-refractivity contribution >= 4 is 51.4 Å². The van der Waals surface area contributed by atoms with Gasteiger partial charge >= 0.3 is 5.97 Å². The van der Waals surface area contributed by atoms with Crippen LogP contribution in [0.3, 0.4) is 0 Å². The Labute approximate surface area is 164 Å².